The summed E-state index contributed by atoms with van der Waals surface area (Å²) in [7, 11) is 0. The minimum Gasteiger partial charge on any atom is -0.303 e. The maximum Gasteiger partial charge on any atom is -0.000654 e. The molecule has 0 N–H and O–H groups in total. The molecular weight excluding hydrogens is 196 g/mol. The lowest BCUT2D eigenvalue weighted by atomic mass is 9.99. The van der Waals surface area contributed by atoms with Crippen LogP contribution in [0.5, 0.6) is 0 Å². The van der Waals surface area contributed by atoms with Crippen molar-refractivity contribution in [1.82, 2.24) is 9.80 Å². The zero-order valence-electron chi connectivity index (χ0n) is 11.0. The molecule has 0 unspecified atom stereocenters. The minimum atomic E-state index is 0.971. The molecule has 16 heavy (non-hydrogen) atoms. The fourth-order valence-electron chi connectivity index (χ4n) is 2.99. The molecule has 2 fully saturated rings. The summed E-state index contributed by atoms with van der Waals surface area (Å²) >= 11 is 0. The summed E-state index contributed by atoms with van der Waals surface area (Å²) < 4.78 is 0. The summed E-state index contributed by atoms with van der Waals surface area (Å²) in [5.74, 6) is 0.971. The Balaban J connectivity index is 1.53. The summed E-state index contributed by atoms with van der Waals surface area (Å²) in [6.45, 7) is 10.5. The molecule has 2 saturated heterocycles. The lowest BCUT2D eigenvalue weighted by Crippen LogP contribution is -2.36. The molecule has 0 saturated carbocycles. The van der Waals surface area contributed by atoms with E-state index in [0.29, 0.717) is 0 Å². The molecule has 0 radical (unpaired) electrons. The molecule has 2 heteroatoms. The Hall–Kier alpha value is -0.0800. The topological polar surface area (TPSA) is 6.48 Å². The molecule has 2 nitrogen and oxygen atoms in total. The zero-order chi connectivity index (χ0) is 11.2. The molecule has 0 atom stereocenters. The highest BCUT2D eigenvalue weighted by Crippen LogP contribution is 2.16. The molecule has 0 amide bonds. The van der Waals surface area contributed by atoms with Crippen LogP contribution in [0.2, 0.25) is 0 Å². The molecule has 2 rings (SSSR count). The SMILES string of the molecule is CC1CCN(CCCN2CCCCC2)CC1. The average molecular weight is 224 g/mol. The number of nitrogens with zero attached hydrogens (tertiary/aromatic N) is 2. The van der Waals surface area contributed by atoms with E-state index in [1.807, 2.05) is 0 Å². The average Bonchev–Trinajstić information content (AvgIpc) is 2.33. The largest absolute Gasteiger partial charge is 0.303 e. The first kappa shape index (κ1) is 12.4. The summed E-state index contributed by atoms with van der Waals surface area (Å²) in [4.78, 5) is 5.33. The van der Waals surface area contributed by atoms with E-state index in [-0.39, 0.29) is 0 Å². The van der Waals surface area contributed by atoms with Gasteiger partial charge in [0.05, 0.1) is 0 Å². The van der Waals surface area contributed by atoms with Gasteiger partial charge in [0, 0.05) is 0 Å². The van der Waals surface area contributed by atoms with E-state index < -0.39 is 0 Å². The van der Waals surface area contributed by atoms with Crippen molar-refractivity contribution in [3.05, 3.63) is 0 Å². The van der Waals surface area contributed by atoms with E-state index in [2.05, 4.69) is 16.7 Å². The number of piperidine rings is 2. The molecule has 0 aromatic carbocycles. The van der Waals surface area contributed by atoms with Crippen molar-refractivity contribution >= 4 is 0 Å². The Morgan fingerprint density at radius 2 is 1.38 bits per heavy atom. The van der Waals surface area contributed by atoms with Gasteiger partial charge in [-0.25, -0.2) is 0 Å². The van der Waals surface area contributed by atoms with Crippen LogP contribution in [0.1, 0.15) is 45.4 Å². The van der Waals surface area contributed by atoms with Crippen LogP contribution in [0.3, 0.4) is 0 Å². The quantitative estimate of drug-likeness (QED) is 0.724. The first-order valence-corrected chi connectivity index (χ1v) is 7.29. The van der Waals surface area contributed by atoms with Gasteiger partial charge in [-0.15, -0.1) is 0 Å². The van der Waals surface area contributed by atoms with Crippen molar-refractivity contribution in [3.8, 4) is 0 Å². The Bertz CT molecular complexity index is 179. The van der Waals surface area contributed by atoms with Crippen LogP contribution >= 0.6 is 0 Å². The van der Waals surface area contributed by atoms with Gasteiger partial charge in [-0.1, -0.05) is 13.3 Å². The van der Waals surface area contributed by atoms with E-state index in [1.165, 1.54) is 77.8 Å². The molecule has 2 aliphatic rings. The second-order valence-electron chi connectivity index (χ2n) is 5.78. The van der Waals surface area contributed by atoms with E-state index in [0.717, 1.165) is 5.92 Å². The van der Waals surface area contributed by atoms with Gasteiger partial charge in [0.2, 0.25) is 0 Å². The highest BCUT2D eigenvalue weighted by atomic mass is 15.1. The maximum atomic E-state index is 2.67. The van der Waals surface area contributed by atoms with Crippen LogP contribution in [0.4, 0.5) is 0 Å². The molecular formula is C14H28N2. The van der Waals surface area contributed by atoms with Gasteiger partial charge in [0.1, 0.15) is 0 Å². The Morgan fingerprint density at radius 3 is 2.00 bits per heavy atom. The lowest BCUT2D eigenvalue weighted by molar-refractivity contribution is 0.169. The van der Waals surface area contributed by atoms with Crippen molar-refractivity contribution in [2.45, 2.75) is 45.4 Å². The van der Waals surface area contributed by atoms with Gasteiger partial charge in [-0.05, 0) is 77.3 Å². The van der Waals surface area contributed by atoms with Crippen LogP contribution in [0, 0.1) is 5.92 Å². The summed E-state index contributed by atoms with van der Waals surface area (Å²) in [6, 6.07) is 0. The summed E-state index contributed by atoms with van der Waals surface area (Å²) in [5, 5.41) is 0. The molecule has 0 aliphatic carbocycles. The van der Waals surface area contributed by atoms with Crippen molar-refractivity contribution in [2.75, 3.05) is 39.3 Å². The number of hydrogen-bond donors (Lipinski definition) is 0. The standard InChI is InChI=1S/C14H28N2/c1-14-6-12-16(13-7-14)11-5-10-15-8-3-2-4-9-15/h14H,2-13H2,1H3. The highest BCUT2D eigenvalue weighted by Gasteiger charge is 2.15. The Labute approximate surface area is 101 Å². The molecule has 94 valence electrons. The van der Waals surface area contributed by atoms with Gasteiger partial charge < -0.3 is 9.80 Å². The Kier molecular flexibility index (Phi) is 5.11. The fraction of sp³-hybridized carbons (Fsp3) is 1.00. The van der Waals surface area contributed by atoms with Gasteiger partial charge in [0.25, 0.3) is 0 Å². The van der Waals surface area contributed by atoms with Gasteiger partial charge in [0.15, 0.2) is 0 Å². The van der Waals surface area contributed by atoms with Crippen molar-refractivity contribution in [3.63, 3.8) is 0 Å². The van der Waals surface area contributed by atoms with E-state index in [1.54, 1.807) is 0 Å². The zero-order valence-corrected chi connectivity index (χ0v) is 11.0. The molecule has 2 heterocycles. The molecule has 2 aliphatic heterocycles. The van der Waals surface area contributed by atoms with Crippen molar-refractivity contribution in [1.29, 1.82) is 0 Å². The number of likely N-dealkylation sites (tertiary alicyclic amines) is 2. The lowest BCUT2D eigenvalue weighted by Gasteiger charge is -2.31. The highest BCUT2D eigenvalue weighted by molar-refractivity contribution is 4.70. The van der Waals surface area contributed by atoms with Gasteiger partial charge in [-0.3, -0.25) is 0 Å². The van der Waals surface area contributed by atoms with Gasteiger partial charge >= 0.3 is 0 Å². The van der Waals surface area contributed by atoms with E-state index in [4.69, 9.17) is 0 Å². The second-order valence-corrected chi connectivity index (χ2v) is 5.78. The number of hydrogen-bond acceptors (Lipinski definition) is 2. The van der Waals surface area contributed by atoms with Crippen molar-refractivity contribution < 1.29 is 0 Å². The molecule has 0 aromatic heterocycles. The van der Waals surface area contributed by atoms with Crippen LogP contribution in [0.25, 0.3) is 0 Å². The Morgan fingerprint density at radius 1 is 0.812 bits per heavy atom. The second kappa shape index (κ2) is 6.61. The maximum absolute atomic E-state index is 2.67. The monoisotopic (exact) mass is 224 g/mol. The summed E-state index contributed by atoms with van der Waals surface area (Å²) in [5.41, 5.74) is 0. The fourth-order valence-corrected chi connectivity index (χ4v) is 2.99. The molecule has 0 aromatic rings. The van der Waals surface area contributed by atoms with Crippen molar-refractivity contribution in [2.24, 2.45) is 5.92 Å². The normalized spacial score (nSPS) is 26.1. The molecule has 0 bridgehead atoms. The summed E-state index contributed by atoms with van der Waals surface area (Å²) in [6.07, 6.45) is 8.55. The predicted octanol–water partition coefficient (Wildman–Crippen LogP) is 2.59. The third kappa shape index (κ3) is 4.06. The number of rotatable bonds is 4. The minimum absolute atomic E-state index is 0.971. The first-order chi connectivity index (χ1) is 7.84. The first-order valence-electron chi connectivity index (χ1n) is 7.29. The van der Waals surface area contributed by atoms with Gasteiger partial charge in [-0.2, -0.15) is 0 Å². The van der Waals surface area contributed by atoms with Crippen LogP contribution in [-0.2, 0) is 0 Å². The van der Waals surface area contributed by atoms with E-state index >= 15 is 0 Å². The van der Waals surface area contributed by atoms with Crippen LogP contribution in [-0.4, -0.2) is 49.1 Å². The third-order valence-corrected chi connectivity index (χ3v) is 4.27. The molecule has 0 spiro atoms. The van der Waals surface area contributed by atoms with E-state index in [9.17, 15) is 0 Å². The third-order valence-electron chi connectivity index (χ3n) is 4.27. The van der Waals surface area contributed by atoms with Crippen LogP contribution < -0.4 is 0 Å². The smallest absolute Gasteiger partial charge is 0.000654 e. The predicted molar refractivity (Wildman–Crippen MR) is 69.7 cm³/mol. The van der Waals surface area contributed by atoms with Crippen LogP contribution in [0.15, 0.2) is 0 Å².